The van der Waals surface area contributed by atoms with Gasteiger partial charge in [0.25, 0.3) is 11.6 Å². The molecule has 0 atom stereocenters. The van der Waals surface area contributed by atoms with Crippen LogP contribution in [0.3, 0.4) is 0 Å². The Labute approximate surface area is 242 Å². The summed E-state index contributed by atoms with van der Waals surface area (Å²) in [5.74, 6) is -4.50. The summed E-state index contributed by atoms with van der Waals surface area (Å²) in [6.07, 6.45) is 4.28. The van der Waals surface area contributed by atoms with Gasteiger partial charge in [-0.3, -0.25) is 19.7 Å². The van der Waals surface area contributed by atoms with Gasteiger partial charge in [-0.1, -0.05) is 17.8 Å². The van der Waals surface area contributed by atoms with Gasteiger partial charge in [-0.2, -0.15) is 4.99 Å². The number of hydrogen-bond donors (Lipinski definition) is 1. The second-order valence-electron chi connectivity index (χ2n) is 9.28. The second-order valence-corrected chi connectivity index (χ2v) is 13.5. The molecular formula is C25H28N4O9S3. The summed E-state index contributed by atoms with van der Waals surface area (Å²) in [7, 11) is -1.50. The summed E-state index contributed by atoms with van der Waals surface area (Å²) in [4.78, 5) is 53.6. The number of fused-ring (bicyclic) bond motifs is 2. The summed E-state index contributed by atoms with van der Waals surface area (Å²) in [5.41, 5.74) is 1.50. The molecule has 0 fully saturated rings. The first-order chi connectivity index (χ1) is 19.5. The minimum Gasteiger partial charge on any atom is -0.465 e. The lowest BCUT2D eigenvalue weighted by atomic mass is 10.1. The number of aromatic nitrogens is 1. The molecule has 0 unspecified atom stereocenters. The average molecular weight is 625 g/mol. The standard InChI is InChI=1S/C25H28N4O9S3/c1-37-11-10-28-17-9-8-15(29(33)34)12-19(17)40-25(28)27-21(31)14-41(35,36)13-20(30)26-23-22(24(32)38-2)16-6-4-3-5-7-18(16)39-23/h8-9,12H,3-7,10-11,13-14H2,1-2H3,(H,26,30). The lowest BCUT2D eigenvalue weighted by Crippen LogP contribution is -2.28. The third-order valence-electron chi connectivity index (χ3n) is 6.37. The first-order valence-corrected chi connectivity index (χ1v) is 16.1. The van der Waals surface area contributed by atoms with Crippen molar-refractivity contribution in [2.75, 3.05) is 37.6 Å². The number of amides is 2. The fourth-order valence-electron chi connectivity index (χ4n) is 4.55. The van der Waals surface area contributed by atoms with E-state index in [9.17, 15) is 32.9 Å². The number of thiophene rings is 1. The number of non-ortho nitro benzene ring substituents is 1. The molecule has 220 valence electrons. The number of carbonyl (C=O) groups is 3. The van der Waals surface area contributed by atoms with Crippen LogP contribution in [0.15, 0.2) is 23.2 Å². The van der Waals surface area contributed by atoms with Gasteiger partial charge in [0.2, 0.25) is 5.91 Å². The summed E-state index contributed by atoms with van der Waals surface area (Å²) in [6, 6.07) is 4.20. The number of thiazole rings is 1. The lowest BCUT2D eigenvalue weighted by Gasteiger charge is -2.08. The van der Waals surface area contributed by atoms with Gasteiger partial charge < -0.3 is 19.4 Å². The Hall–Kier alpha value is -3.47. The number of ether oxygens (including phenoxy) is 2. The molecule has 2 amide bonds. The molecule has 1 aromatic carbocycles. The van der Waals surface area contributed by atoms with E-state index in [0.29, 0.717) is 16.6 Å². The van der Waals surface area contributed by atoms with Gasteiger partial charge in [-0.15, -0.1) is 11.3 Å². The molecular weight excluding hydrogens is 596 g/mol. The molecule has 41 heavy (non-hydrogen) atoms. The molecule has 1 aliphatic carbocycles. The minimum atomic E-state index is -4.23. The van der Waals surface area contributed by atoms with Gasteiger partial charge in [0, 0.05) is 30.7 Å². The SMILES string of the molecule is COCCn1c(=NC(=O)CS(=O)(=O)CC(=O)Nc2sc3c(c2C(=O)OC)CCCCC3)sc2cc([N+](=O)[O-])ccc21. The van der Waals surface area contributed by atoms with Crippen LogP contribution >= 0.6 is 22.7 Å². The number of nitrogens with one attached hydrogen (secondary N) is 1. The predicted octanol–water partition coefficient (Wildman–Crippen LogP) is 2.86. The molecule has 3 aromatic rings. The highest BCUT2D eigenvalue weighted by atomic mass is 32.2. The number of hydrogen-bond acceptors (Lipinski definition) is 11. The van der Waals surface area contributed by atoms with Crippen LogP contribution in [0.4, 0.5) is 10.7 Å². The Morgan fingerprint density at radius 2 is 1.88 bits per heavy atom. The highest BCUT2D eigenvalue weighted by Gasteiger charge is 2.28. The highest BCUT2D eigenvalue weighted by Crippen LogP contribution is 2.38. The highest BCUT2D eigenvalue weighted by molar-refractivity contribution is 7.92. The van der Waals surface area contributed by atoms with Gasteiger partial charge in [0.15, 0.2) is 14.6 Å². The van der Waals surface area contributed by atoms with Gasteiger partial charge in [-0.05, 0) is 37.3 Å². The largest absolute Gasteiger partial charge is 0.465 e. The van der Waals surface area contributed by atoms with Crippen molar-refractivity contribution in [3.63, 3.8) is 0 Å². The van der Waals surface area contributed by atoms with Crippen molar-refractivity contribution in [3.8, 4) is 0 Å². The first kappa shape index (κ1) is 30.5. The maximum Gasteiger partial charge on any atom is 0.341 e. The quantitative estimate of drug-likeness (QED) is 0.154. The average Bonchev–Trinajstić information content (AvgIpc) is 3.32. The smallest absolute Gasteiger partial charge is 0.341 e. The zero-order valence-electron chi connectivity index (χ0n) is 22.3. The summed E-state index contributed by atoms with van der Waals surface area (Å²) in [5, 5.41) is 13.9. The minimum absolute atomic E-state index is 0.137. The van der Waals surface area contributed by atoms with Gasteiger partial charge >= 0.3 is 5.97 Å². The van der Waals surface area contributed by atoms with Crippen LogP contribution in [0.2, 0.25) is 0 Å². The second kappa shape index (κ2) is 13.0. The van der Waals surface area contributed by atoms with Crippen LogP contribution in [0, 0.1) is 10.1 Å². The summed E-state index contributed by atoms with van der Waals surface area (Å²) >= 11 is 2.23. The van der Waals surface area contributed by atoms with Crippen molar-refractivity contribution in [2.24, 2.45) is 4.99 Å². The Morgan fingerprint density at radius 1 is 1.12 bits per heavy atom. The predicted molar refractivity (Wildman–Crippen MR) is 153 cm³/mol. The zero-order chi connectivity index (χ0) is 29.7. The van der Waals surface area contributed by atoms with E-state index in [0.717, 1.165) is 47.5 Å². The van der Waals surface area contributed by atoms with Crippen molar-refractivity contribution < 1.29 is 37.2 Å². The number of carbonyl (C=O) groups excluding carboxylic acids is 3. The van der Waals surface area contributed by atoms with Crippen molar-refractivity contribution in [1.82, 2.24) is 4.57 Å². The topological polar surface area (TPSA) is 176 Å². The number of esters is 1. The molecule has 16 heteroatoms. The Morgan fingerprint density at radius 3 is 2.59 bits per heavy atom. The fourth-order valence-corrected chi connectivity index (χ4v) is 7.96. The molecule has 0 bridgehead atoms. The van der Waals surface area contributed by atoms with E-state index in [1.54, 1.807) is 4.57 Å². The Bertz CT molecular complexity index is 1690. The van der Waals surface area contributed by atoms with E-state index in [4.69, 9.17) is 9.47 Å². The molecule has 4 rings (SSSR count). The maximum atomic E-state index is 12.8. The molecule has 0 aliphatic heterocycles. The lowest BCUT2D eigenvalue weighted by molar-refractivity contribution is -0.384. The van der Waals surface area contributed by atoms with Crippen LogP contribution in [0.25, 0.3) is 10.2 Å². The monoisotopic (exact) mass is 624 g/mol. The molecule has 2 heterocycles. The van der Waals surface area contributed by atoms with E-state index in [1.807, 2.05) is 0 Å². The molecule has 0 saturated heterocycles. The number of benzene rings is 1. The third kappa shape index (κ3) is 7.25. The number of sulfone groups is 1. The Kier molecular flexibility index (Phi) is 9.68. The van der Waals surface area contributed by atoms with Crippen LogP contribution in [-0.2, 0) is 48.3 Å². The van der Waals surface area contributed by atoms with Crippen molar-refractivity contribution in [2.45, 2.75) is 38.6 Å². The molecule has 0 radical (unpaired) electrons. The van der Waals surface area contributed by atoms with E-state index < -0.39 is 44.0 Å². The van der Waals surface area contributed by atoms with E-state index in [1.165, 1.54) is 43.8 Å². The number of aryl methyl sites for hydroxylation is 1. The number of anilines is 1. The molecule has 0 spiro atoms. The van der Waals surface area contributed by atoms with Crippen molar-refractivity contribution >= 4 is 71.2 Å². The maximum absolute atomic E-state index is 12.8. The normalized spacial score (nSPS) is 14.0. The number of nitro benzene ring substituents is 1. The van der Waals surface area contributed by atoms with Gasteiger partial charge in [0.05, 0.1) is 34.4 Å². The van der Waals surface area contributed by atoms with E-state index >= 15 is 0 Å². The summed E-state index contributed by atoms with van der Waals surface area (Å²) in [6.45, 7) is 0.519. The first-order valence-electron chi connectivity index (χ1n) is 12.6. The van der Waals surface area contributed by atoms with Crippen LogP contribution < -0.4 is 10.1 Å². The fraction of sp³-hybridized carbons (Fsp3) is 0.440. The third-order valence-corrected chi connectivity index (χ3v) is 10.0. The number of rotatable bonds is 10. The number of nitrogens with zero attached hydrogens (tertiary/aromatic N) is 3. The van der Waals surface area contributed by atoms with E-state index in [2.05, 4.69) is 10.3 Å². The summed E-state index contributed by atoms with van der Waals surface area (Å²) < 4.78 is 37.6. The Balaban J connectivity index is 1.53. The molecule has 1 aliphatic rings. The number of nitro groups is 1. The zero-order valence-corrected chi connectivity index (χ0v) is 24.8. The van der Waals surface area contributed by atoms with Crippen molar-refractivity contribution in [3.05, 3.63) is 49.1 Å². The van der Waals surface area contributed by atoms with Gasteiger partial charge in [-0.25, -0.2) is 13.2 Å². The molecule has 0 saturated carbocycles. The van der Waals surface area contributed by atoms with Crippen molar-refractivity contribution in [1.29, 1.82) is 0 Å². The van der Waals surface area contributed by atoms with Gasteiger partial charge in [0.1, 0.15) is 16.5 Å². The molecule has 1 N–H and O–H groups in total. The number of methoxy groups -OCH3 is 2. The molecule has 2 aromatic heterocycles. The van der Waals surface area contributed by atoms with E-state index in [-0.39, 0.29) is 34.2 Å². The van der Waals surface area contributed by atoms with Crippen LogP contribution in [-0.4, -0.2) is 68.0 Å². The molecule has 13 nitrogen and oxygen atoms in total. The van der Waals surface area contributed by atoms with Crippen LogP contribution in [0.5, 0.6) is 0 Å². The van der Waals surface area contributed by atoms with Crippen LogP contribution in [0.1, 0.15) is 40.1 Å².